The molecule has 40 heavy (non-hydrogen) atoms. The van der Waals surface area contributed by atoms with Crippen LogP contribution in [0.5, 0.6) is 11.5 Å². The van der Waals surface area contributed by atoms with Gasteiger partial charge in [-0.25, -0.2) is 9.79 Å². The molecular formula is C30H27BrN2O6S. The molecule has 2 aromatic carbocycles. The van der Waals surface area contributed by atoms with Crippen LogP contribution in [0, 0.1) is 6.92 Å². The second-order valence-electron chi connectivity index (χ2n) is 9.10. The van der Waals surface area contributed by atoms with E-state index in [1.807, 2.05) is 37.3 Å². The summed E-state index contributed by atoms with van der Waals surface area (Å²) in [6, 6.07) is 14.1. The molecule has 0 N–H and O–H groups in total. The van der Waals surface area contributed by atoms with E-state index in [4.69, 9.17) is 18.6 Å². The van der Waals surface area contributed by atoms with Gasteiger partial charge in [0, 0.05) is 21.7 Å². The smallest absolute Gasteiger partial charge is 0.338 e. The SMILES string of the molecule is CCOC(=O)C1=C(C)N=c2s/c(=C/c3ccc(-c4ccc(C)cc4Br)o3)c(=O)n2[C@H]1c1cc(OC)ccc1OC. The average molecular weight is 624 g/mol. The van der Waals surface area contributed by atoms with Crippen LogP contribution >= 0.6 is 27.3 Å². The number of carbonyl (C=O) groups is 1. The number of rotatable bonds is 7. The topological polar surface area (TPSA) is 92.3 Å². The number of halogens is 1. The van der Waals surface area contributed by atoms with Crippen LogP contribution in [-0.2, 0) is 9.53 Å². The fraction of sp³-hybridized carbons (Fsp3) is 0.233. The van der Waals surface area contributed by atoms with Crippen LogP contribution in [0.4, 0.5) is 0 Å². The molecule has 1 aliphatic rings. The van der Waals surface area contributed by atoms with Crippen LogP contribution in [0.2, 0.25) is 0 Å². The van der Waals surface area contributed by atoms with Gasteiger partial charge < -0.3 is 18.6 Å². The highest BCUT2D eigenvalue weighted by atomic mass is 79.9. The summed E-state index contributed by atoms with van der Waals surface area (Å²) in [6.07, 6.45) is 1.69. The van der Waals surface area contributed by atoms with Gasteiger partial charge in [0.25, 0.3) is 5.56 Å². The number of methoxy groups -OCH3 is 2. The van der Waals surface area contributed by atoms with E-state index in [1.165, 1.54) is 23.0 Å². The van der Waals surface area contributed by atoms with Gasteiger partial charge in [0.15, 0.2) is 4.80 Å². The molecule has 1 aliphatic heterocycles. The number of furan rings is 1. The normalized spacial score (nSPS) is 15.1. The third kappa shape index (κ3) is 5.04. The van der Waals surface area contributed by atoms with E-state index in [2.05, 4.69) is 20.9 Å². The first-order valence-corrected chi connectivity index (χ1v) is 14.1. The third-order valence-electron chi connectivity index (χ3n) is 6.54. The molecule has 0 saturated heterocycles. The first-order valence-electron chi connectivity index (χ1n) is 12.5. The molecule has 5 rings (SSSR count). The summed E-state index contributed by atoms with van der Waals surface area (Å²) < 4.78 is 25.4. The Kier molecular flexibility index (Phi) is 7.82. The van der Waals surface area contributed by atoms with Crippen molar-refractivity contribution in [1.82, 2.24) is 4.57 Å². The quantitative estimate of drug-likeness (QED) is 0.265. The highest BCUT2D eigenvalue weighted by Gasteiger charge is 2.35. The number of aryl methyl sites for hydroxylation is 1. The summed E-state index contributed by atoms with van der Waals surface area (Å²) in [5.41, 5.74) is 3.02. The van der Waals surface area contributed by atoms with Crippen LogP contribution in [0.1, 0.15) is 36.8 Å². The summed E-state index contributed by atoms with van der Waals surface area (Å²) in [5.74, 6) is 1.69. The second-order valence-corrected chi connectivity index (χ2v) is 11.0. The van der Waals surface area contributed by atoms with E-state index in [0.717, 1.165) is 15.6 Å². The number of esters is 1. The zero-order chi connectivity index (χ0) is 28.6. The number of allylic oxidation sites excluding steroid dienone is 1. The minimum absolute atomic E-state index is 0.180. The third-order valence-corrected chi connectivity index (χ3v) is 8.18. The summed E-state index contributed by atoms with van der Waals surface area (Å²) >= 11 is 4.82. The number of thiazole rings is 1. The molecule has 1 atom stereocenters. The van der Waals surface area contributed by atoms with E-state index < -0.39 is 12.0 Å². The van der Waals surface area contributed by atoms with Crippen LogP contribution in [-0.4, -0.2) is 31.4 Å². The minimum atomic E-state index is -0.835. The second kappa shape index (κ2) is 11.3. The van der Waals surface area contributed by atoms with Crippen LogP contribution in [0.25, 0.3) is 17.4 Å². The lowest BCUT2D eigenvalue weighted by molar-refractivity contribution is -0.139. The van der Waals surface area contributed by atoms with Crippen molar-refractivity contribution >= 4 is 39.3 Å². The van der Waals surface area contributed by atoms with E-state index in [-0.39, 0.29) is 17.7 Å². The molecule has 2 aromatic heterocycles. The van der Waals surface area contributed by atoms with Crippen molar-refractivity contribution in [3.05, 3.63) is 101 Å². The average Bonchev–Trinajstić information content (AvgIpc) is 3.51. The summed E-state index contributed by atoms with van der Waals surface area (Å²) in [5, 5.41) is 0. The number of aromatic nitrogens is 1. The zero-order valence-electron chi connectivity index (χ0n) is 22.6. The van der Waals surface area contributed by atoms with Gasteiger partial charge in [-0.1, -0.05) is 33.3 Å². The maximum Gasteiger partial charge on any atom is 0.338 e. The number of nitrogens with zero attached hydrogens (tertiary/aromatic N) is 2. The Bertz CT molecular complexity index is 1830. The Balaban J connectivity index is 1.68. The molecule has 4 aromatic rings. The molecule has 0 radical (unpaired) electrons. The number of hydrogen-bond acceptors (Lipinski definition) is 8. The molecule has 0 spiro atoms. The predicted octanol–water partition coefficient (Wildman–Crippen LogP) is 5.15. The van der Waals surface area contributed by atoms with Crippen molar-refractivity contribution in [2.45, 2.75) is 26.8 Å². The van der Waals surface area contributed by atoms with E-state index in [9.17, 15) is 9.59 Å². The van der Waals surface area contributed by atoms with Crippen molar-refractivity contribution in [3.63, 3.8) is 0 Å². The summed E-state index contributed by atoms with van der Waals surface area (Å²) in [4.78, 5) is 32.2. The van der Waals surface area contributed by atoms with Crippen molar-refractivity contribution in [2.24, 2.45) is 4.99 Å². The minimum Gasteiger partial charge on any atom is -0.497 e. The molecule has 3 heterocycles. The molecular weight excluding hydrogens is 596 g/mol. The Morgan fingerprint density at radius 2 is 1.93 bits per heavy atom. The van der Waals surface area contributed by atoms with E-state index in [1.54, 1.807) is 45.2 Å². The monoisotopic (exact) mass is 622 g/mol. The first kappa shape index (κ1) is 27.7. The molecule has 0 saturated carbocycles. The number of hydrogen-bond donors (Lipinski definition) is 0. The van der Waals surface area contributed by atoms with Crippen LogP contribution < -0.4 is 24.4 Å². The number of ether oxygens (including phenoxy) is 3. The zero-order valence-corrected chi connectivity index (χ0v) is 25.0. The van der Waals surface area contributed by atoms with Gasteiger partial charge in [-0.05, 0) is 68.8 Å². The standard InChI is InChI=1S/C30H27BrN2O6S/c1-6-38-29(35)26-17(3)32-30-33(27(26)21-14-18(36-4)8-11-23(21)37-5)28(34)25(40-30)15-19-9-12-24(39-19)20-10-7-16(2)13-22(20)31/h7-15,27H,6H2,1-5H3/b25-15+/t27-/m0/s1. The number of benzene rings is 2. The Labute approximate surface area is 243 Å². The Morgan fingerprint density at radius 3 is 2.62 bits per heavy atom. The van der Waals surface area contributed by atoms with Gasteiger partial charge in [-0.15, -0.1) is 0 Å². The summed E-state index contributed by atoms with van der Waals surface area (Å²) in [7, 11) is 3.09. The fourth-order valence-corrected chi connectivity index (χ4v) is 6.38. The maximum atomic E-state index is 13.9. The van der Waals surface area contributed by atoms with Crippen LogP contribution in [0.15, 0.2) is 78.5 Å². The Morgan fingerprint density at radius 1 is 1.12 bits per heavy atom. The largest absolute Gasteiger partial charge is 0.497 e. The lowest BCUT2D eigenvalue weighted by atomic mass is 9.95. The molecule has 0 bridgehead atoms. The van der Waals surface area contributed by atoms with Gasteiger partial charge >= 0.3 is 5.97 Å². The van der Waals surface area contributed by atoms with Gasteiger partial charge in [0.1, 0.15) is 29.1 Å². The molecule has 206 valence electrons. The summed E-state index contributed by atoms with van der Waals surface area (Å²) in [6.45, 7) is 5.67. The first-order chi connectivity index (χ1) is 19.2. The molecule has 10 heteroatoms. The lowest BCUT2D eigenvalue weighted by Crippen LogP contribution is -2.40. The van der Waals surface area contributed by atoms with Crippen LogP contribution in [0.3, 0.4) is 0 Å². The van der Waals surface area contributed by atoms with Crippen molar-refractivity contribution in [2.75, 3.05) is 20.8 Å². The number of fused-ring (bicyclic) bond motifs is 1. The highest BCUT2D eigenvalue weighted by Crippen LogP contribution is 2.38. The van der Waals surface area contributed by atoms with Crippen molar-refractivity contribution in [3.8, 4) is 22.8 Å². The van der Waals surface area contributed by atoms with Gasteiger partial charge in [0.2, 0.25) is 0 Å². The molecule has 0 amide bonds. The molecule has 0 fully saturated rings. The number of carbonyl (C=O) groups excluding carboxylic acids is 1. The predicted molar refractivity (Wildman–Crippen MR) is 157 cm³/mol. The lowest BCUT2D eigenvalue weighted by Gasteiger charge is -2.26. The van der Waals surface area contributed by atoms with Gasteiger partial charge in [-0.2, -0.15) is 0 Å². The molecule has 0 unspecified atom stereocenters. The van der Waals surface area contributed by atoms with Crippen molar-refractivity contribution < 1.29 is 23.4 Å². The van der Waals surface area contributed by atoms with Gasteiger partial charge in [0.05, 0.1) is 36.6 Å². The fourth-order valence-electron chi connectivity index (χ4n) is 4.66. The van der Waals surface area contributed by atoms with Crippen molar-refractivity contribution in [1.29, 1.82) is 0 Å². The maximum absolute atomic E-state index is 13.9. The van der Waals surface area contributed by atoms with Gasteiger partial charge in [-0.3, -0.25) is 9.36 Å². The molecule has 8 nitrogen and oxygen atoms in total. The van der Waals surface area contributed by atoms with E-state index in [0.29, 0.717) is 43.6 Å². The Hall–Kier alpha value is -3.89. The molecule has 0 aliphatic carbocycles. The highest BCUT2D eigenvalue weighted by molar-refractivity contribution is 9.10. The van der Waals surface area contributed by atoms with E-state index >= 15 is 0 Å².